The smallest absolute Gasteiger partial charge is 0.163 e. The lowest BCUT2D eigenvalue weighted by Gasteiger charge is -2.08. The molecule has 0 amide bonds. The Kier molecular flexibility index (Phi) is 4.38. The average Bonchev–Trinajstić information content (AvgIpc) is 2.14. The van der Waals surface area contributed by atoms with Gasteiger partial charge in [-0.25, -0.2) is 0 Å². The highest BCUT2D eigenvalue weighted by atomic mass is 127. The largest absolute Gasteiger partial charge is 0.493 e. The number of carbonyl (C=O) groups excluding carboxylic acids is 1. The van der Waals surface area contributed by atoms with Crippen molar-refractivity contribution >= 4 is 28.4 Å². The van der Waals surface area contributed by atoms with Crippen molar-refractivity contribution in [3.05, 3.63) is 27.3 Å². The number of hydrogen-bond donors (Lipinski definition) is 0. The van der Waals surface area contributed by atoms with Crippen LogP contribution in [0.1, 0.15) is 30.6 Å². The molecule has 0 aromatic heterocycles. The molecule has 0 spiro atoms. The van der Waals surface area contributed by atoms with Crippen molar-refractivity contribution < 1.29 is 9.53 Å². The summed E-state index contributed by atoms with van der Waals surface area (Å²) >= 11 is 2.21. The van der Waals surface area contributed by atoms with Gasteiger partial charge in [0.1, 0.15) is 5.75 Å². The van der Waals surface area contributed by atoms with E-state index in [1.165, 1.54) is 0 Å². The first-order valence-corrected chi connectivity index (χ1v) is 5.66. The molecule has 0 saturated carbocycles. The zero-order chi connectivity index (χ0) is 10.6. The topological polar surface area (TPSA) is 26.3 Å². The molecule has 3 heteroatoms. The molecule has 14 heavy (non-hydrogen) atoms. The number of ketones is 1. The van der Waals surface area contributed by atoms with E-state index in [1.54, 1.807) is 6.92 Å². The number of Topliss-reactive ketones (excluding diaryl/α,β-unsaturated/α-hetero) is 1. The third kappa shape index (κ3) is 2.97. The molecule has 1 aromatic carbocycles. The van der Waals surface area contributed by atoms with Crippen molar-refractivity contribution in [2.75, 3.05) is 6.61 Å². The fourth-order valence-electron chi connectivity index (χ4n) is 1.12. The highest BCUT2D eigenvalue weighted by Gasteiger charge is 2.08. The third-order valence-electron chi connectivity index (χ3n) is 1.78. The summed E-state index contributed by atoms with van der Waals surface area (Å²) < 4.78 is 6.58. The van der Waals surface area contributed by atoms with Crippen LogP contribution in [0, 0.1) is 3.57 Å². The number of hydrogen-bond acceptors (Lipinski definition) is 2. The van der Waals surface area contributed by atoms with Crippen molar-refractivity contribution in [3.63, 3.8) is 0 Å². The summed E-state index contributed by atoms with van der Waals surface area (Å²) in [7, 11) is 0. The van der Waals surface area contributed by atoms with Gasteiger partial charge < -0.3 is 4.74 Å². The van der Waals surface area contributed by atoms with Gasteiger partial charge in [-0.05, 0) is 54.1 Å². The molecule has 0 atom stereocenters. The minimum absolute atomic E-state index is 0.0486. The van der Waals surface area contributed by atoms with Crippen LogP contribution in [0.5, 0.6) is 5.75 Å². The van der Waals surface area contributed by atoms with Crippen LogP contribution < -0.4 is 4.74 Å². The molecule has 0 saturated heterocycles. The first-order valence-electron chi connectivity index (χ1n) is 4.58. The number of ether oxygens (including phenoxy) is 1. The van der Waals surface area contributed by atoms with Crippen LogP contribution in [0.15, 0.2) is 18.2 Å². The molecule has 0 aliphatic heterocycles. The Bertz CT molecular complexity index is 334. The van der Waals surface area contributed by atoms with Crippen LogP contribution in [-0.2, 0) is 0 Å². The number of rotatable bonds is 4. The van der Waals surface area contributed by atoms with Crippen LogP contribution in [0.3, 0.4) is 0 Å². The number of carbonyl (C=O) groups is 1. The lowest BCUT2D eigenvalue weighted by atomic mass is 10.1. The van der Waals surface area contributed by atoms with Crippen molar-refractivity contribution in [3.8, 4) is 5.75 Å². The van der Waals surface area contributed by atoms with Gasteiger partial charge in [0.15, 0.2) is 5.78 Å². The van der Waals surface area contributed by atoms with Gasteiger partial charge in [0.2, 0.25) is 0 Å². The third-order valence-corrected chi connectivity index (χ3v) is 2.46. The Labute approximate surface area is 97.8 Å². The van der Waals surface area contributed by atoms with E-state index in [-0.39, 0.29) is 5.78 Å². The SMILES string of the molecule is CCCOc1cc(I)ccc1C(C)=O. The van der Waals surface area contributed by atoms with E-state index in [0.29, 0.717) is 17.9 Å². The molecule has 0 aliphatic carbocycles. The Morgan fingerprint density at radius 1 is 1.50 bits per heavy atom. The van der Waals surface area contributed by atoms with E-state index >= 15 is 0 Å². The number of halogens is 1. The maximum Gasteiger partial charge on any atom is 0.163 e. The second kappa shape index (κ2) is 5.34. The summed E-state index contributed by atoms with van der Waals surface area (Å²) in [6.45, 7) is 4.25. The summed E-state index contributed by atoms with van der Waals surface area (Å²) in [5.74, 6) is 0.749. The van der Waals surface area contributed by atoms with Gasteiger partial charge in [0.05, 0.1) is 12.2 Å². The van der Waals surface area contributed by atoms with E-state index in [2.05, 4.69) is 22.6 Å². The van der Waals surface area contributed by atoms with E-state index in [4.69, 9.17) is 4.74 Å². The lowest BCUT2D eigenvalue weighted by Crippen LogP contribution is -2.02. The summed E-state index contributed by atoms with van der Waals surface area (Å²) in [4.78, 5) is 11.3. The van der Waals surface area contributed by atoms with E-state index in [9.17, 15) is 4.79 Å². The van der Waals surface area contributed by atoms with Crippen LogP contribution in [-0.4, -0.2) is 12.4 Å². The van der Waals surface area contributed by atoms with Gasteiger partial charge in [0, 0.05) is 3.57 Å². The second-order valence-corrected chi connectivity index (χ2v) is 4.29. The van der Waals surface area contributed by atoms with Gasteiger partial charge in [-0.3, -0.25) is 4.79 Å². The Morgan fingerprint density at radius 3 is 2.79 bits per heavy atom. The molecule has 0 unspecified atom stereocenters. The highest BCUT2D eigenvalue weighted by molar-refractivity contribution is 14.1. The average molecular weight is 304 g/mol. The zero-order valence-corrected chi connectivity index (χ0v) is 10.5. The zero-order valence-electron chi connectivity index (χ0n) is 8.34. The Morgan fingerprint density at radius 2 is 2.21 bits per heavy atom. The fourth-order valence-corrected chi connectivity index (χ4v) is 1.58. The summed E-state index contributed by atoms with van der Waals surface area (Å²) in [6.07, 6.45) is 0.947. The second-order valence-electron chi connectivity index (χ2n) is 3.05. The molecule has 1 rings (SSSR count). The van der Waals surface area contributed by atoms with Crippen LogP contribution in [0.4, 0.5) is 0 Å². The molecule has 0 heterocycles. The van der Waals surface area contributed by atoms with Crippen molar-refractivity contribution in [2.45, 2.75) is 20.3 Å². The molecule has 0 radical (unpaired) electrons. The predicted molar refractivity (Wildman–Crippen MR) is 64.9 cm³/mol. The van der Waals surface area contributed by atoms with E-state index in [1.807, 2.05) is 25.1 Å². The summed E-state index contributed by atoms with van der Waals surface area (Å²) in [5, 5.41) is 0. The molecule has 1 aromatic rings. The first kappa shape index (κ1) is 11.5. The van der Waals surface area contributed by atoms with Crippen LogP contribution in [0.2, 0.25) is 0 Å². The normalized spacial score (nSPS) is 9.93. The predicted octanol–water partition coefficient (Wildman–Crippen LogP) is 3.28. The Hall–Kier alpha value is -0.580. The number of benzene rings is 1. The quantitative estimate of drug-likeness (QED) is 0.630. The molecule has 0 fully saturated rings. The highest BCUT2D eigenvalue weighted by Crippen LogP contribution is 2.22. The standard InChI is InChI=1S/C11H13IO2/c1-3-6-14-11-7-9(12)4-5-10(11)8(2)13/h4-5,7H,3,6H2,1-2H3. The lowest BCUT2D eigenvalue weighted by molar-refractivity contribution is 0.101. The maximum absolute atomic E-state index is 11.3. The first-order chi connectivity index (χ1) is 6.65. The van der Waals surface area contributed by atoms with E-state index < -0.39 is 0 Å². The van der Waals surface area contributed by atoms with Gasteiger partial charge in [-0.2, -0.15) is 0 Å². The van der Waals surface area contributed by atoms with Gasteiger partial charge in [-0.1, -0.05) is 6.92 Å². The van der Waals surface area contributed by atoms with Gasteiger partial charge >= 0.3 is 0 Å². The van der Waals surface area contributed by atoms with E-state index in [0.717, 1.165) is 9.99 Å². The fraction of sp³-hybridized carbons (Fsp3) is 0.364. The molecular formula is C11H13IO2. The summed E-state index contributed by atoms with van der Waals surface area (Å²) in [6, 6.07) is 5.62. The molecule has 2 nitrogen and oxygen atoms in total. The van der Waals surface area contributed by atoms with Gasteiger partial charge in [-0.15, -0.1) is 0 Å². The molecule has 0 N–H and O–H groups in total. The van der Waals surface area contributed by atoms with Gasteiger partial charge in [0.25, 0.3) is 0 Å². The minimum atomic E-state index is 0.0486. The molecule has 0 bridgehead atoms. The van der Waals surface area contributed by atoms with Crippen LogP contribution >= 0.6 is 22.6 Å². The van der Waals surface area contributed by atoms with Crippen LogP contribution in [0.25, 0.3) is 0 Å². The maximum atomic E-state index is 11.3. The molecule has 0 aliphatic rings. The van der Waals surface area contributed by atoms with Crippen molar-refractivity contribution in [1.29, 1.82) is 0 Å². The minimum Gasteiger partial charge on any atom is -0.493 e. The molecular weight excluding hydrogens is 291 g/mol. The monoisotopic (exact) mass is 304 g/mol. The van der Waals surface area contributed by atoms with Crippen molar-refractivity contribution in [2.24, 2.45) is 0 Å². The summed E-state index contributed by atoms with van der Waals surface area (Å²) in [5.41, 5.74) is 0.666. The van der Waals surface area contributed by atoms with Crippen molar-refractivity contribution in [1.82, 2.24) is 0 Å². The Balaban J connectivity index is 2.97. The molecule has 76 valence electrons.